The molecule has 0 spiro atoms. The van der Waals surface area contributed by atoms with Crippen LogP contribution in [0.5, 0.6) is 5.75 Å². The van der Waals surface area contributed by atoms with Crippen LogP contribution in [-0.4, -0.2) is 6.61 Å². The minimum Gasteiger partial charge on any atom is -0.493 e. The van der Waals surface area contributed by atoms with E-state index in [-0.39, 0.29) is 6.04 Å². The lowest BCUT2D eigenvalue weighted by Crippen LogP contribution is -2.29. The molecule has 2 aromatic rings. The number of nitrogens with two attached hydrogens (primary N) is 1. The van der Waals surface area contributed by atoms with E-state index in [4.69, 9.17) is 10.6 Å². The largest absolute Gasteiger partial charge is 0.493 e. The lowest BCUT2D eigenvalue weighted by molar-refractivity contribution is 0.357. The molecular weight excluding hydrogens is 260 g/mol. The van der Waals surface area contributed by atoms with Crippen molar-refractivity contribution in [2.75, 3.05) is 6.61 Å². The van der Waals surface area contributed by atoms with Gasteiger partial charge in [-0.1, -0.05) is 24.3 Å². The van der Waals surface area contributed by atoms with E-state index >= 15 is 0 Å². The summed E-state index contributed by atoms with van der Waals surface area (Å²) in [4.78, 5) is 0. The van der Waals surface area contributed by atoms with Crippen molar-refractivity contribution in [3.8, 4) is 5.75 Å². The number of hydrogen-bond acceptors (Lipinski definition) is 3. The summed E-state index contributed by atoms with van der Waals surface area (Å²) in [7, 11) is 0. The lowest BCUT2D eigenvalue weighted by atomic mass is 9.91. The first kappa shape index (κ1) is 14.1. The van der Waals surface area contributed by atoms with Crippen LogP contribution < -0.4 is 16.0 Å². The summed E-state index contributed by atoms with van der Waals surface area (Å²) >= 11 is 0. The maximum Gasteiger partial charge on any atom is 0.122 e. The van der Waals surface area contributed by atoms with Gasteiger partial charge in [0.15, 0.2) is 0 Å². The van der Waals surface area contributed by atoms with Gasteiger partial charge in [0.25, 0.3) is 0 Å². The van der Waals surface area contributed by atoms with E-state index in [9.17, 15) is 0 Å². The smallest absolute Gasteiger partial charge is 0.122 e. The number of ether oxygens (including phenoxy) is 1. The van der Waals surface area contributed by atoms with E-state index in [1.165, 1.54) is 33.4 Å². The predicted molar refractivity (Wildman–Crippen MR) is 85.5 cm³/mol. The zero-order valence-electron chi connectivity index (χ0n) is 12.9. The minimum absolute atomic E-state index is 0.00944. The maximum absolute atomic E-state index is 5.86. The standard InChI is InChI=1S/C18H22N2O/c1-11-8-13(3)16(9-12(11)2)18(20-19)15-4-5-17-14(10-15)6-7-21-17/h4-5,8-10,18,20H,6-7,19H2,1-3H3. The molecule has 1 aliphatic rings. The molecule has 3 nitrogen and oxygen atoms in total. The van der Waals surface area contributed by atoms with Crippen molar-refractivity contribution < 1.29 is 4.74 Å². The summed E-state index contributed by atoms with van der Waals surface area (Å²) in [5.74, 6) is 6.86. The second-order valence-corrected chi connectivity index (χ2v) is 5.86. The van der Waals surface area contributed by atoms with Gasteiger partial charge in [-0.2, -0.15) is 0 Å². The fourth-order valence-electron chi connectivity index (χ4n) is 3.05. The molecule has 0 radical (unpaired) electrons. The van der Waals surface area contributed by atoms with Crippen LogP contribution in [-0.2, 0) is 6.42 Å². The van der Waals surface area contributed by atoms with Crippen LogP contribution in [0.25, 0.3) is 0 Å². The number of aryl methyl sites for hydroxylation is 3. The summed E-state index contributed by atoms with van der Waals surface area (Å²) in [5.41, 5.74) is 10.5. The molecule has 1 atom stereocenters. The van der Waals surface area contributed by atoms with Crippen molar-refractivity contribution in [3.63, 3.8) is 0 Å². The zero-order valence-corrected chi connectivity index (χ0v) is 12.9. The molecule has 3 N–H and O–H groups in total. The molecule has 0 aromatic heterocycles. The average molecular weight is 282 g/mol. The Morgan fingerprint density at radius 2 is 1.81 bits per heavy atom. The number of fused-ring (bicyclic) bond motifs is 1. The number of hydrogen-bond donors (Lipinski definition) is 2. The van der Waals surface area contributed by atoms with Gasteiger partial charge in [0.05, 0.1) is 12.6 Å². The Morgan fingerprint density at radius 3 is 2.57 bits per heavy atom. The lowest BCUT2D eigenvalue weighted by Gasteiger charge is -2.21. The molecule has 0 fully saturated rings. The van der Waals surface area contributed by atoms with E-state index in [0.29, 0.717) is 0 Å². The van der Waals surface area contributed by atoms with E-state index in [2.05, 4.69) is 56.5 Å². The summed E-state index contributed by atoms with van der Waals surface area (Å²) in [6.07, 6.45) is 0.979. The first-order valence-electron chi connectivity index (χ1n) is 7.39. The molecular formula is C18H22N2O. The van der Waals surface area contributed by atoms with Crippen LogP contribution in [0.3, 0.4) is 0 Å². The second kappa shape index (κ2) is 5.51. The topological polar surface area (TPSA) is 47.3 Å². The molecule has 2 aromatic carbocycles. The zero-order chi connectivity index (χ0) is 15.0. The van der Waals surface area contributed by atoms with Crippen molar-refractivity contribution in [1.29, 1.82) is 0 Å². The van der Waals surface area contributed by atoms with Gasteiger partial charge in [-0.25, -0.2) is 5.43 Å². The molecule has 1 heterocycles. The number of hydrazine groups is 1. The predicted octanol–water partition coefficient (Wildman–Crippen LogP) is 3.10. The fourth-order valence-corrected chi connectivity index (χ4v) is 3.05. The first-order valence-corrected chi connectivity index (χ1v) is 7.39. The van der Waals surface area contributed by atoms with Gasteiger partial charge in [0.1, 0.15) is 5.75 Å². The third kappa shape index (κ3) is 2.55. The Hall–Kier alpha value is -1.84. The Labute approximate surface area is 126 Å². The summed E-state index contributed by atoms with van der Waals surface area (Å²) in [6, 6.07) is 10.8. The van der Waals surface area contributed by atoms with Crippen molar-refractivity contribution in [1.82, 2.24) is 5.43 Å². The normalized spacial score (nSPS) is 14.7. The van der Waals surface area contributed by atoms with Crippen molar-refractivity contribution in [3.05, 3.63) is 63.7 Å². The molecule has 0 aliphatic carbocycles. The first-order chi connectivity index (χ1) is 10.1. The van der Waals surface area contributed by atoms with Crippen LogP contribution in [0.4, 0.5) is 0 Å². The highest BCUT2D eigenvalue weighted by Gasteiger charge is 2.19. The number of benzene rings is 2. The molecule has 1 unspecified atom stereocenters. The van der Waals surface area contributed by atoms with Crippen molar-refractivity contribution in [2.24, 2.45) is 5.84 Å². The molecule has 0 saturated carbocycles. The van der Waals surface area contributed by atoms with Crippen LogP contribution in [0.15, 0.2) is 30.3 Å². The van der Waals surface area contributed by atoms with E-state index < -0.39 is 0 Å². The Morgan fingerprint density at radius 1 is 1.05 bits per heavy atom. The minimum atomic E-state index is 0.00944. The van der Waals surface area contributed by atoms with Crippen molar-refractivity contribution in [2.45, 2.75) is 33.2 Å². The highest BCUT2D eigenvalue weighted by molar-refractivity contribution is 5.46. The second-order valence-electron chi connectivity index (χ2n) is 5.86. The van der Waals surface area contributed by atoms with E-state index in [0.717, 1.165) is 18.8 Å². The van der Waals surface area contributed by atoms with Gasteiger partial charge < -0.3 is 4.74 Å². The van der Waals surface area contributed by atoms with Crippen LogP contribution in [0.1, 0.15) is 39.4 Å². The fraction of sp³-hybridized carbons (Fsp3) is 0.333. The quantitative estimate of drug-likeness (QED) is 0.672. The van der Waals surface area contributed by atoms with Crippen molar-refractivity contribution >= 4 is 0 Å². The van der Waals surface area contributed by atoms with Crippen LogP contribution in [0.2, 0.25) is 0 Å². The SMILES string of the molecule is Cc1cc(C)c(C(NN)c2ccc3c(c2)CCO3)cc1C. The highest BCUT2D eigenvalue weighted by Crippen LogP contribution is 2.32. The molecule has 3 heteroatoms. The summed E-state index contributed by atoms with van der Waals surface area (Å²) in [5, 5.41) is 0. The van der Waals surface area contributed by atoms with Gasteiger partial charge in [-0.3, -0.25) is 5.84 Å². The Bertz CT molecular complexity index is 679. The Kier molecular flexibility index (Phi) is 3.70. The van der Waals surface area contributed by atoms with Gasteiger partial charge >= 0.3 is 0 Å². The van der Waals surface area contributed by atoms with Gasteiger partial charge in [-0.15, -0.1) is 0 Å². The molecule has 0 saturated heterocycles. The molecule has 3 rings (SSSR count). The summed E-state index contributed by atoms with van der Waals surface area (Å²) < 4.78 is 5.58. The molecule has 0 bridgehead atoms. The van der Waals surface area contributed by atoms with Gasteiger partial charge in [0, 0.05) is 6.42 Å². The Balaban J connectivity index is 2.04. The maximum atomic E-state index is 5.86. The van der Waals surface area contributed by atoms with E-state index in [1.807, 2.05) is 0 Å². The number of nitrogens with one attached hydrogen (secondary N) is 1. The van der Waals surface area contributed by atoms with Gasteiger partial charge in [0.2, 0.25) is 0 Å². The van der Waals surface area contributed by atoms with Gasteiger partial charge in [-0.05, 0) is 60.2 Å². The molecule has 110 valence electrons. The summed E-state index contributed by atoms with van der Waals surface area (Å²) in [6.45, 7) is 7.21. The molecule has 1 aliphatic heterocycles. The van der Waals surface area contributed by atoms with Crippen LogP contribution in [0, 0.1) is 20.8 Å². The monoisotopic (exact) mass is 282 g/mol. The molecule has 0 amide bonds. The highest BCUT2D eigenvalue weighted by atomic mass is 16.5. The van der Waals surface area contributed by atoms with E-state index in [1.54, 1.807) is 0 Å². The third-order valence-electron chi connectivity index (χ3n) is 4.41. The number of rotatable bonds is 3. The third-order valence-corrected chi connectivity index (χ3v) is 4.41. The van der Waals surface area contributed by atoms with Crippen LogP contribution >= 0.6 is 0 Å². The molecule has 21 heavy (non-hydrogen) atoms. The average Bonchev–Trinajstić information content (AvgIpc) is 2.92.